The minimum atomic E-state index is -0.265. The van der Waals surface area contributed by atoms with E-state index in [9.17, 15) is 4.79 Å². The van der Waals surface area contributed by atoms with E-state index in [0.717, 1.165) is 26.9 Å². The van der Waals surface area contributed by atoms with Crippen LogP contribution in [0, 0.1) is 13.8 Å². The van der Waals surface area contributed by atoms with E-state index in [1.807, 2.05) is 50.2 Å². The molecule has 0 saturated carbocycles. The van der Waals surface area contributed by atoms with Gasteiger partial charge in [0.1, 0.15) is 0 Å². The summed E-state index contributed by atoms with van der Waals surface area (Å²) in [6, 6.07) is 13.8. The van der Waals surface area contributed by atoms with E-state index in [4.69, 9.17) is 0 Å². The Morgan fingerprint density at radius 1 is 0.962 bits per heavy atom. The van der Waals surface area contributed by atoms with Crippen molar-refractivity contribution in [3.8, 4) is 11.4 Å². The Morgan fingerprint density at radius 3 is 2.35 bits per heavy atom. The predicted molar refractivity (Wildman–Crippen MR) is 105 cm³/mol. The third-order valence-corrected chi connectivity index (χ3v) is 5.21. The van der Waals surface area contributed by atoms with Gasteiger partial charge in [0.15, 0.2) is 11.0 Å². The van der Waals surface area contributed by atoms with Crippen molar-refractivity contribution in [1.29, 1.82) is 0 Å². The van der Waals surface area contributed by atoms with Crippen molar-refractivity contribution in [1.82, 2.24) is 15.0 Å². The van der Waals surface area contributed by atoms with Crippen LogP contribution in [0.1, 0.15) is 21.5 Å². The van der Waals surface area contributed by atoms with Crippen molar-refractivity contribution < 1.29 is 4.79 Å². The van der Waals surface area contributed by atoms with Gasteiger partial charge in [0.2, 0.25) is 0 Å². The topological polar surface area (TPSA) is 67.8 Å². The van der Waals surface area contributed by atoms with Gasteiger partial charge in [-0.1, -0.05) is 53.8 Å². The minimum Gasteiger partial charge on any atom is -0.298 e. The van der Waals surface area contributed by atoms with Crippen LogP contribution in [0.15, 0.2) is 54.9 Å². The Hall–Kier alpha value is -3.12. The molecule has 0 aliphatic carbocycles. The standard InChI is InChI=1S/C20H16N4OS/c1-12-8-9-13(2)17-16(12)23-20(26-17)24-19(25)15-10-21-18(22-11-15)14-6-4-3-5-7-14/h3-11H,1-2H3,(H,23,24,25). The van der Waals surface area contributed by atoms with Crippen LogP contribution in [-0.2, 0) is 0 Å². The molecule has 0 aliphatic heterocycles. The fourth-order valence-electron chi connectivity index (χ4n) is 2.66. The molecule has 0 bridgehead atoms. The summed E-state index contributed by atoms with van der Waals surface area (Å²) in [7, 11) is 0. The van der Waals surface area contributed by atoms with Gasteiger partial charge in [-0.15, -0.1) is 0 Å². The second kappa shape index (κ2) is 6.65. The van der Waals surface area contributed by atoms with Gasteiger partial charge in [-0.05, 0) is 25.0 Å². The van der Waals surface area contributed by atoms with Gasteiger partial charge in [-0.2, -0.15) is 0 Å². The average Bonchev–Trinajstić information content (AvgIpc) is 3.11. The van der Waals surface area contributed by atoms with E-state index in [1.165, 1.54) is 23.7 Å². The molecule has 5 nitrogen and oxygen atoms in total. The van der Waals surface area contributed by atoms with Crippen LogP contribution in [0.25, 0.3) is 21.6 Å². The average molecular weight is 360 g/mol. The van der Waals surface area contributed by atoms with E-state index in [1.54, 1.807) is 0 Å². The molecule has 1 amide bonds. The van der Waals surface area contributed by atoms with Crippen LogP contribution in [-0.4, -0.2) is 20.9 Å². The first kappa shape index (κ1) is 16.4. The molecule has 1 N–H and O–H groups in total. The zero-order valence-electron chi connectivity index (χ0n) is 14.4. The number of hydrogen-bond acceptors (Lipinski definition) is 5. The molecule has 4 rings (SSSR count). The maximum Gasteiger partial charge on any atom is 0.260 e. The van der Waals surface area contributed by atoms with Crippen molar-refractivity contribution in [2.24, 2.45) is 0 Å². The Morgan fingerprint density at radius 2 is 1.65 bits per heavy atom. The molecule has 0 unspecified atom stereocenters. The van der Waals surface area contributed by atoms with E-state index in [2.05, 4.69) is 26.3 Å². The summed E-state index contributed by atoms with van der Waals surface area (Å²) >= 11 is 1.48. The lowest BCUT2D eigenvalue weighted by Gasteiger charge is -2.03. The van der Waals surface area contributed by atoms with Gasteiger partial charge in [-0.25, -0.2) is 15.0 Å². The number of nitrogens with zero attached hydrogens (tertiary/aromatic N) is 3. The van der Waals surface area contributed by atoms with Crippen LogP contribution in [0.2, 0.25) is 0 Å². The predicted octanol–water partition coefficient (Wildman–Crippen LogP) is 4.62. The number of aromatic nitrogens is 3. The number of thiazole rings is 1. The molecule has 0 fully saturated rings. The molecule has 26 heavy (non-hydrogen) atoms. The monoisotopic (exact) mass is 360 g/mol. The quantitative estimate of drug-likeness (QED) is 0.579. The summed E-state index contributed by atoms with van der Waals surface area (Å²) in [6.45, 7) is 4.06. The van der Waals surface area contributed by atoms with Gasteiger partial charge in [0.25, 0.3) is 5.91 Å². The van der Waals surface area contributed by atoms with Crippen LogP contribution in [0.5, 0.6) is 0 Å². The lowest BCUT2D eigenvalue weighted by molar-refractivity contribution is 0.102. The maximum absolute atomic E-state index is 12.5. The van der Waals surface area contributed by atoms with E-state index in [-0.39, 0.29) is 5.91 Å². The molecular weight excluding hydrogens is 344 g/mol. The first-order valence-electron chi connectivity index (χ1n) is 8.17. The van der Waals surface area contributed by atoms with Gasteiger partial charge in [-0.3, -0.25) is 10.1 Å². The van der Waals surface area contributed by atoms with E-state index < -0.39 is 0 Å². The minimum absolute atomic E-state index is 0.265. The Bertz CT molecular complexity index is 1050. The van der Waals surface area contributed by atoms with Crippen LogP contribution in [0.3, 0.4) is 0 Å². The first-order valence-corrected chi connectivity index (χ1v) is 8.99. The van der Waals surface area contributed by atoms with Crippen molar-refractivity contribution >= 4 is 32.6 Å². The first-order chi connectivity index (χ1) is 12.6. The lowest BCUT2D eigenvalue weighted by Crippen LogP contribution is -2.12. The Balaban J connectivity index is 1.57. The molecule has 0 radical (unpaired) electrons. The van der Waals surface area contributed by atoms with Crippen molar-refractivity contribution in [3.05, 3.63) is 71.5 Å². The van der Waals surface area contributed by atoms with Gasteiger partial charge in [0, 0.05) is 18.0 Å². The third-order valence-electron chi connectivity index (χ3n) is 4.11. The van der Waals surface area contributed by atoms with Gasteiger partial charge in [0.05, 0.1) is 15.8 Å². The number of aryl methyl sites for hydroxylation is 2. The second-order valence-corrected chi connectivity index (χ2v) is 7.01. The molecule has 0 atom stereocenters. The fourth-order valence-corrected chi connectivity index (χ4v) is 3.67. The molecule has 0 spiro atoms. The zero-order chi connectivity index (χ0) is 18.1. The van der Waals surface area contributed by atoms with Crippen molar-refractivity contribution in [2.45, 2.75) is 13.8 Å². The highest BCUT2D eigenvalue weighted by atomic mass is 32.1. The molecule has 4 aromatic rings. The van der Waals surface area contributed by atoms with Crippen LogP contribution >= 0.6 is 11.3 Å². The van der Waals surface area contributed by atoms with Crippen LogP contribution in [0.4, 0.5) is 5.13 Å². The summed E-state index contributed by atoms with van der Waals surface area (Å²) in [5.74, 6) is 0.326. The molecule has 0 saturated heterocycles. The summed E-state index contributed by atoms with van der Waals surface area (Å²) in [5, 5.41) is 3.43. The number of carbonyl (C=O) groups excluding carboxylic acids is 1. The van der Waals surface area contributed by atoms with Gasteiger partial charge < -0.3 is 0 Å². The highest BCUT2D eigenvalue weighted by Crippen LogP contribution is 2.31. The SMILES string of the molecule is Cc1ccc(C)c2sc(NC(=O)c3cnc(-c4ccccc4)nc3)nc12. The third kappa shape index (κ3) is 3.07. The van der Waals surface area contributed by atoms with Gasteiger partial charge >= 0.3 is 0 Å². The summed E-state index contributed by atoms with van der Waals surface area (Å²) in [6.07, 6.45) is 3.07. The number of benzene rings is 2. The van der Waals surface area contributed by atoms with Crippen molar-refractivity contribution in [2.75, 3.05) is 5.32 Å². The Kier molecular flexibility index (Phi) is 4.18. The largest absolute Gasteiger partial charge is 0.298 e. The smallest absolute Gasteiger partial charge is 0.260 e. The molecule has 2 aromatic heterocycles. The van der Waals surface area contributed by atoms with E-state index >= 15 is 0 Å². The molecule has 2 aromatic carbocycles. The number of nitrogens with one attached hydrogen (secondary N) is 1. The lowest BCUT2D eigenvalue weighted by atomic mass is 10.1. The molecule has 0 aliphatic rings. The number of fused-ring (bicyclic) bond motifs is 1. The number of carbonyl (C=O) groups is 1. The summed E-state index contributed by atoms with van der Waals surface area (Å²) in [4.78, 5) is 25.6. The molecular formula is C20H16N4OS. The number of amides is 1. The highest BCUT2D eigenvalue weighted by Gasteiger charge is 2.13. The second-order valence-electron chi connectivity index (χ2n) is 6.01. The molecule has 6 heteroatoms. The molecule has 2 heterocycles. The highest BCUT2D eigenvalue weighted by molar-refractivity contribution is 7.22. The summed E-state index contributed by atoms with van der Waals surface area (Å²) in [5.41, 5.74) is 4.49. The number of rotatable bonds is 3. The fraction of sp³-hybridized carbons (Fsp3) is 0.100. The normalized spacial score (nSPS) is 10.8. The van der Waals surface area contributed by atoms with Crippen molar-refractivity contribution in [3.63, 3.8) is 0 Å². The van der Waals surface area contributed by atoms with Crippen LogP contribution < -0.4 is 5.32 Å². The maximum atomic E-state index is 12.5. The zero-order valence-corrected chi connectivity index (χ0v) is 15.2. The molecule has 128 valence electrons. The van der Waals surface area contributed by atoms with E-state index in [0.29, 0.717) is 16.5 Å². The Labute approximate surface area is 154 Å². The summed E-state index contributed by atoms with van der Waals surface area (Å²) < 4.78 is 1.09. The number of anilines is 1. The number of hydrogen-bond donors (Lipinski definition) is 1.